The van der Waals surface area contributed by atoms with Crippen LogP contribution in [0, 0.1) is 0 Å². The molecule has 11 heavy (non-hydrogen) atoms. The lowest BCUT2D eigenvalue weighted by molar-refractivity contribution is -0.137. The van der Waals surface area contributed by atoms with Crippen LogP contribution in [0.4, 0.5) is 0 Å². The van der Waals surface area contributed by atoms with E-state index in [2.05, 4.69) is 0 Å². The molecule has 0 aliphatic carbocycles. The van der Waals surface area contributed by atoms with E-state index in [4.69, 9.17) is 10.8 Å². The zero-order valence-corrected chi connectivity index (χ0v) is 7.82. The van der Waals surface area contributed by atoms with Gasteiger partial charge in [0.25, 0.3) is 0 Å². The SMILES string of the molecule is CC=CSSCC(N)C(=O)O. The molecule has 0 fully saturated rings. The molecule has 0 amide bonds. The van der Waals surface area contributed by atoms with E-state index in [0.29, 0.717) is 5.75 Å². The van der Waals surface area contributed by atoms with Crippen LogP contribution in [-0.4, -0.2) is 22.9 Å². The highest BCUT2D eigenvalue weighted by molar-refractivity contribution is 8.77. The first kappa shape index (κ1) is 10.9. The van der Waals surface area contributed by atoms with E-state index in [1.165, 1.54) is 21.6 Å². The molecule has 0 heterocycles. The topological polar surface area (TPSA) is 63.3 Å². The predicted octanol–water partition coefficient (Wildman–Crippen LogP) is 1.31. The Balaban J connectivity index is 3.31. The first-order valence-corrected chi connectivity index (χ1v) is 5.44. The highest BCUT2D eigenvalue weighted by Gasteiger charge is 2.09. The monoisotopic (exact) mass is 193 g/mol. The van der Waals surface area contributed by atoms with Gasteiger partial charge in [-0.1, -0.05) is 27.7 Å². The van der Waals surface area contributed by atoms with Gasteiger partial charge in [0.15, 0.2) is 0 Å². The number of allylic oxidation sites excluding steroid dienone is 1. The van der Waals surface area contributed by atoms with Gasteiger partial charge in [0.05, 0.1) is 0 Å². The van der Waals surface area contributed by atoms with E-state index in [1.54, 1.807) is 0 Å². The van der Waals surface area contributed by atoms with Crippen molar-refractivity contribution in [3.8, 4) is 0 Å². The van der Waals surface area contributed by atoms with Crippen molar-refractivity contribution in [3.05, 3.63) is 11.5 Å². The fourth-order valence-electron chi connectivity index (χ4n) is 0.279. The molecule has 5 heteroatoms. The lowest BCUT2D eigenvalue weighted by atomic mass is 10.4. The van der Waals surface area contributed by atoms with Gasteiger partial charge in [-0.05, 0) is 12.3 Å². The van der Waals surface area contributed by atoms with Crippen molar-refractivity contribution in [3.63, 3.8) is 0 Å². The number of hydrogen-bond donors (Lipinski definition) is 2. The van der Waals surface area contributed by atoms with Gasteiger partial charge in [-0.3, -0.25) is 4.79 Å². The standard InChI is InChI=1S/C6H11NO2S2/c1-2-3-10-11-4-5(7)6(8)9/h2-3,5H,4,7H2,1H3,(H,8,9). The van der Waals surface area contributed by atoms with Crippen molar-refractivity contribution in [1.82, 2.24) is 0 Å². The molecule has 0 aromatic carbocycles. The maximum atomic E-state index is 10.2. The minimum Gasteiger partial charge on any atom is -0.480 e. The largest absolute Gasteiger partial charge is 0.480 e. The third-order valence-electron chi connectivity index (χ3n) is 0.824. The van der Waals surface area contributed by atoms with Crippen LogP contribution in [0.3, 0.4) is 0 Å². The van der Waals surface area contributed by atoms with E-state index in [1.807, 2.05) is 18.4 Å². The van der Waals surface area contributed by atoms with Crippen LogP contribution in [0.15, 0.2) is 11.5 Å². The second-order valence-corrected chi connectivity index (χ2v) is 4.11. The quantitative estimate of drug-likeness (QED) is 0.509. The van der Waals surface area contributed by atoms with Crippen LogP contribution in [0.2, 0.25) is 0 Å². The molecular weight excluding hydrogens is 182 g/mol. The summed E-state index contributed by atoms with van der Waals surface area (Å²) in [5, 5.41) is 10.3. The molecule has 64 valence electrons. The van der Waals surface area contributed by atoms with Crippen molar-refractivity contribution in [2.45, 2.75) is 13.0 Å². The Hall–Kier alpha value is -0.130. The molecule has 3 N–H and O–H groups in total. The summed E-state index contributed by atoms with van der Waals surface area (Å²) in [6.45, 7) is 1.91. The third kappa shape index (κ3) is 6.28. The van der Waals surface area contributed by atoms with E-state index >= 15 is 0 Å². The van der Waals surface area contributed by atoms with Crippen LogP contribution in [0.5, 0.6) is 0 Å². The summed E-state index contributed by atoms with van der Waals surface area (Å²) in [6, 6.07) is -0.752. The normalized spacial score (nSPS) is 13.6. The van der Waals surface area contributed by atoms with Crippen LogP contribution >= 0.6 is 21.6 Å². The Morgan fingerprint density at radius 3 is 2.91 bits per heavy atom. The Morgan fingerprint density at radius 1 is 1.82 bits per heavy atom. The minimum absolute atomic E-state index is 0.435. The first-order chi connectivity index (χ1) is 5.18. The van der Waals surface area contributed by atoms with Gasteiger partial charge in [0.2, 0.25) is 0 Å². The van der Waals surface area contributed by atoms with Crippen LogP contribution < -0.4 is 5.73 Å². The molecule has 0 saturated carbocycles. The lowest BCUT2D eigenvalue weighted by Crippen LogP contribution is -2.32. The summed E-state index contributed by atoms with van der Waals surface area (Å²) in [5.41, 5.74) is 5.24. The van der Waals surface area contributed by atoms with Gasteiger partial charge in [-0.2, -0.15) is 0 Å². The summed E-state index contributed by atoms with van der Waals surface area (Å²) >= 11 is 0. The predicted molar refractivity (Wildman–Crippen MR) is 50.5 cm³/mol. The molecule has 0 aromatic rings. The summed E-state index contributed by atoms with van der Waals surface area (Å²) < 4.78 is 0. The van der Waals surface area contributed by atoms with E-state index in [9.17, 15) is 4.79 Å². The summed E-state index contributed by atoms with van der Waals surface area (Å²) in [5.74, 6) is -0.511. The maximum Gasteiger partial charge on any atom is 0.321 e. The smallest absolute Gasteiger partial charge is 0.321 e. The van der Waals surface area contributed by atoms with Crippen molar-refractivity contribution in [2.75, 3.05) is 5.75 Å². The van der Waals surface area contributed by atoms with Crippen LogP contribution in [-0.2, 0) is 4.79 Å². The second-order valence-electron chi connectivity index (χ2n) is 1.79. The number of carboxylic acid groups (broad SMARTS) is 1. The van der Waals surface area contributed by atoms with Crippen LogP contribution in [0.1, 0.15) is 6.92 Å². The molecule has 0 spiro atoms. The van der Waals surface area contributed by atoms with Crippen molar-refractivity contribution < 1.29 is 9.90 Å². The Labute approximate surface area is 73.8 Å². The Morgan fingerprint density at radius 2 is 2.45 bits per heavy atom. The summed E-state index contributed by atoms with van der Waals surface area (Å²) in [6.07, 6.45) is 1.89. The zero-order valence-electron chi connectivity index (χ0n) is 6.19. The van der Waals surface area contributed by atoms with E-state index in [0.717, 1.165) is 0 Å². The van der Waals surface area contributed by atoms with Crippen molar-refractivity contribution >= 4 is 27.6 Å². The highest BCUT2D eigenvalue weighted by Crippen LogP contribution is 2.22. The molecule has 0 aliphatic heterocycles. The van der Waals surface area contributed by atoms with Gasteiger partial charge >= 0.3 is 5.97 Å². The zero-order chi connectivity index (χ0) is 8.69. The average molecular weight is 193 g/mol. The summed E-state index contributed by atoms with van der Waals surface area (Å²) in [4.78, 5) is 10.2. The minimum atomic E-state index is -0.946. The molecule has 0 bridgehead atoms. The third-order valence-corrected chi connectivity index (χ3v) is 2.99. The van der Waals surface area contributed by atoms with E-state index < -0.39 is 12.0 Å². The molecule has 3 nitrogen and oxygen atoms in total. The number of carbonyl (C=O) groups is 1. The molecule has 0 rings (SSSR count). The molecule has 0 aromatic heterocycles. The number of carboxylic acids is 1. The van der Waals surface area contributed by atoms with Crippen LogP contribution in [0.25, 0.3) is 0 Å². The fraction of sp³-hybridized carbons (Fsp3) is 0.500. The Kier molecular flexibility index (Phi) is 6.49. The van der Waals surface area contributed by atoms with Crippen molar-refractivity contribution in [2.24, 2.45) is 5.73 Å². The lowest BCUT2D eigenvalue weighted by Gasteiger charge is -2.02. The molecule has 1 atom stereocenters. The van der Waals surface area contributed by atoms with Gasteiger partial charge in [0, 0.05) is 5.75 Å². The second kappa shape index (κ2) is 6.57. The molecule has 0 radical (unpaired) electrons. The van der Waals surface area contributed by atoms with Gasteiger partial charge in [-0.25, -0.2) is 0 Å². The van der Waals surface area contributed by atoms with Gasteiger partial charge < -0.3 is 10.8 Å². The fourth-order valence-corrected chi connectivity index (χ4v) is 2.08. The van der Waals surface area contributed by atoms with Gasteiger partial charge in [-0.15, -0.1) is 0 Å². The number of hydrogen-bond acceptors (Lipinski definition) is 4. The average Bonchev–Trinajstić information content (AvgIpc) is 1.97. The first-order valence-electron chi connectivity index (χ1n) is 3.06. The number of nitrogens with two attached hydrogens (primary N) is 1. The molecule has 0 aliphatic rings. The van der Waals surface area contributed by atoms with Crippen molar-refractivity contribution in [1.29, 1.82) is 0 Å². The summed E-state index contributed by atoms with van der Waals surface area (Å²) in [7, 11) is 2.93. The molecular formula is C6H11NO2S2. The maximum absolute atomic E-state index is 10.2. The molecule has 0 saturated heterocycles. The highest BCUT2D eigenvalue weighted by atomic mass is 33.1. The van der Waals surface area contributed by atoms with Gasteiger partial charge in [0.1, 0.15) is 6.04 Å². The number of aliphatic carboxylic acids is 1. The van der Waals surface area contributed by atoms with E-state index in [-0.39, 0.29) is 0 Å². The Bertz CT molecular complexity index is 150. The molecule has 1 unspecified atom stereocenters. The number of rotatable bonds is 5.